The van der Waals surface area contributed by atoms with Crippen LogP contribution < -0.4 is 0 Å². The van der Waals surface area contributed by atoms with Gasteiger partial charge in [-0.15, -0.1) is 0 Å². The second-order valence-electron chi connectivity index (χ2n) is 8.48. The molecule has 1 aromatic heterocycles. The van der Waals surface area contributed by atoms with Gasteiger partial charge in [-0.25, -0.2) is 8.42 Å². The van der Waals surface area contributed by atoms with Crippen LogP contribution in [0.3, 0.4) is 0 Å². The molecule has 0 radical (unpaired) electrons. The van der Waals surface area contributed by atoms with Crippen LogP contribution in [0.1, 0.15) is 39.4 Å². The number of amides is 1. The van der Waals surface area contributed by atoms with Crippen molar-refractivity contribution in [3.8, 4) is 0 Å². The summed E-state index contributed by atoms with van der Waals surface area (Å²) >= 11 is 0. The first-order chi connectivity index (χ1) is 14.2. The third kappa shape index (κ3) is 5.50. The van der Waals surface area contributed by atoms with Gasteiger partial charge in [0.1, 0.15) is 5.76 Å². The van der Waals surface area contributed by atoms with E-state index in [4.69, 9.17) is 9.15 Å². The van der Waals surface area contributed by atoms with Crippen LogP contribution in [0.5, 0.6) is 0 Å². The summed E-state index contributed by atoms with van der Waals surface area (Å²) in [6.07, 6.45) is 3.36. The SMILES string of the molecule is CC(C)(C)N(CC(=O)N(Cc1ccco1)CC1CCCO1)S(=O)(=O)c1ccccc1. The summed E-state index contributed by atoms with van der Waals surface area (Å²) in [6.45, 7) is 6.48. The van der Waals surface area contributed by atoms with Gasteiger partial charge in [0.2, 0.25) is 15.9 Å². The lowest BCUT2D eigenvalue weighted by molar-refractivity contribution is -0.134. The Hall–Kier alpha value is -2.16. The Morgan fingerprint density at radius 1 is 1.13 bits per heavy atom. The molecule has 1 atom stereocenters. The third-order valence-corrected chi connectivity index (χ3v) is 7.21. The highest BCUT2D eigenvalue weighted by Crippen LogP contribution is 2.25. The maximum Gasteiger partial charge on any atom is 0.244 e. The van der Waals surface area contributed by atoms with E-state index in [1.165, 1.54) is 4.31 Å². The molecule has 3 rings (SSSR count). The van der Waals surface area contributed by atoms with Gasteiger partial charge in [-0.2, -0.15) is 4.31 Å². The number of sulfonamides is 1. The Morgan fingerprint density at radius 3 is 2.43 bits per heavy atom. The summed E-state index contributed by atoms with van der Waals surface area (Å²) < 4.78 is 39.0. The normalized spacial score (nSPS) is 17.4. The third-order valence-electron chi connectivity index (χ3n) is 5.09. The lowest BCUT2D eigenvalue weighted by Crippen LogP contribution is -2.51. The van der Waals surface area contributed by atoms with Gasteiger partial charge < -0.3 is 14.1 Å². The monoisotopic (exact) mass is 434 g/mol. The van der Waals surface area contributed by atoms with Crippen LogP contribution >= 0.6 is 0 Å². The van der Waals surface area contributed by atoms with E-state index in [-0.39, 0.29) is 30.0 Å². The van der Waals surface area contributed by atoms with Crippen LogP contribution in [-0.2, 0) is 26.1 Å². The predicted molar refractivity (Wildman–Crippen MR) is 113 cm³/mol. The molecule has 1 amide bonds. The van der Waals surface area contributed by atoms with Gasteiger partial charge in [0.15, 0.2) is 0 Å². The molecule has 1 saturated heterocycles. The molecule has 164 valence electrons. The van der Waals surface area contributed by atoms with Crippen LogP contribution in [0.25, 0.3) is 0 Å². The van der Waals surface area contributed by atoms with E-state index in [1.54, 1.807) is 74.4 Å². The number of hydrogen-bond acceptors (Lipinski definition) is 5. The van der Waals surface area contributed by atoms with Crippen molar-refractivity contribution in [3.05, 3.63) is 54.5 Å². The molecule has 0 bridgehead atoms. The van der Waals surface area contributed by atoms with Gasteiger partial charge in [0, 0.05) is 18.7 Å². The smallest absolute Gasteiger partial charge is 0.244 e. The van der Waals surface area contributed by atoms with Gasteiger partial charge in [0.25, 0.3) is 0 Å². The molecule has 30 heavy (non-hydrogen) atoms. The van der Waals surface area contributed by atoms with Crippen LogP contribution in [0.15, 0.2) is 58.0 Å². The van der Waals surface area contributed by atoms with Gasteiger partial charge in [-0.3, -0.25) is 4.79 Å². The molecule has 1 aliphatic heterocycles. The molecular weight excluding hydrogens is 404 g/mol. The van der Waals surface area contributed by atoms with E-state index in [0.717, 1.165) is 12.8 Å². The highest BCUT2D eigenvalue weighted by atomic mass is 32.2. The second kappa shape index (κ2) is 9.32. The number of ether oxygens (including phenoxy) is 1. The van der Waals surface area contributed by atoms with Crippen molar-refractivity contribution in [1.29, 1.82) is 0 Å². The van der Waals surface area contributed by atoms with Gasteiger partial charge in [-0.05, 0) is 57.9 Å². The molecule has 1 unspecified atom stereocenters. The standard InChI is InChI=1S/C22H30N2O5S/c1-22(2,3)24(30(26,27)20-11-5-4-6-12-20)17-21(25)23(15-18-9-7-13-28-18)16-19-10-8-14-29-19/h4-7,9,11-13,19H,8,10,14-17H2,1-3H3. The summed E-state index contributed by atoms with van der Waals surface area (Å²) in [7, 11) is -3.85. The highest BCUT2D eigenvalue weighted by molar-refractivity contribution is 7.89. The lowest BCUT2D eigenvalue weighted by Gasteiger charge is -2.35. The van der Waals surface area contributed by atoms with Crippen molar-refractivity contribution < 1.29 is 22.4 Å². The van der Waals surface area contributed by atoms with Crippen LogP contribution in [0, 0.1) is 0 Å². The van der Waals surface area contributed by atoms with Crippen LogP contribution in [0.2, 0.25) is 0 Å². The minimum atomic E-state index is -3.85. The highest BCUT2D eigenvalue weighted by Gasteiger charge is 2.37. The van der Waals surface area contributed by atoms with E-state index in [2.05, 4.69) is 0 Å². The minimum absolute atomic E-state index is 0.0438. The Balaban J connectivity index is 1.84. The Kier molecular flexibility index (Phi) is 7.00. The van der Waals surface area contributed by atoms with E-state index < -0.39 is 15.6 Å². The Labute approximate surface area is 178 Å². The molecule has 1 aromatic carbocycles. The molecule has 0 spiro atoms. The number of rotatable bonds is 8. The molecule has 1 aliphatic rings. The summed E-state index contributed by atoms with van der Waals surface area (Å²) in [4.78, 5) is 15.1. The topological polar surface area (TPSA) is 80.1 Å². The fraction of sp³-hybridized carbons (Fsp3) is 0.500. The number of carbonyl (C=O) groups is 1. The molecule has 7 nitrogen and oxygen atoms in total. The fourth-order valence-electron chi connectivity index (χ4n) is 3.50. The maximum absolute atomic E-state index is 13.3. The van der Waals surface area contributed by atoms with Crippen molar-refractivity contribution >= 4 is 15.9 Å². The summed E-state index contributed by atoms with van der Waals surface area (Å²) in [5.41, 5.74) is -0.773. The zero-order valence-corrected chi connectivity index (χ0v) is 18.6. The molecule has 1 fully saturated rings. The second-order valence-corrected chi connectivity index (χ2v) is 10.3. The van der Waals surface area contributed by atoms with Crippen molar-refractivity contribution in [3.63, 3.8) is 0 Å². The van der Waals surface area contributed by atoms with Gasteiger partial charge in [-0.1, -0.05) is 18.2 Å². The van der Waals surface area contributed by atoms with Crippen molar-refractivity contribution in [1.82, 2.24) is 9.21 Å². The van der Waals surface area contributed by atoms with E-state index in [1.807, 2.05) is 0 Å². The first-order valence-electron chi connectivity index (χ1n) is 10.2. The van der Waals surface area contributed by atoms with Crippen molar-refractivity contribution in [2.24, 2.45) is 0 Å². The van der Waals surface area contributed by atoms with Crippen molar-refractivity contribution in [2.75, 3.05) is 19.7 Å². The minimum Gasteiger partial charge on any atom is -0.467 e. The number of nitrogens with zero attached hydrogens (tertiary/aromatic N) is 2. The average Bonchev–Trinajstić information content (AvgIpc) is 3.39. The molecule has 2 aromatic rings. The van der Waals surface area contributed by atoms with E-state index in [9.17, 15) is 13.2 Å². The number of benzene rings is 1. The maximum atomic E-state index is 13.3. The molecule has 0 aliphatic carbocycles. The molecule has 0 saturated carbocycles. The predicted octanol–water partition coefficient (Wildman–Crippen LogP) is 3.28. The zero-order chi connectivity index (χ0) is 21.8. The quantitative estimate of drug-likeness (QED) is 0.637. The number of carbonyl (C=O) groups excluding carboxylic acids is 1. The van der Waals surface area contributed by atoms with Crippen molar-refractivity contribution in [2.45, 2.75) is 56.7 Å². The van der Waals surface area contributed by atoms with Crippen LogP contribution in [-0.4, -0.2) is 54.9 Å². The van der Waals surface area contributed by atoms with Gasteiger partial charge >= 0.3 is 0 Å². The molecule has 0 N–H and O–H groups in total. The van der Waals surface area contributed by atoms with E-state index >= 15 is 0 Å². The molecular formula is C22H30N2O5S. The number of hydrogen-bond donors (Lipinski definition) is 0. The molecule has 8 heteroatoms. The summed E-state index contributed by atoms with van der Waals surface area (Å²) in [5.74, 6) is 0.367. The van der Waals surface area contributed by atoms with E-state index in [0.29, 0.717) is 18.9 Å². The lowest BCUT2D eigenvalue weighted by atomic mass is 10.1. The zero-order valence-electron chi connectivity index (χ0n) is 17.8. The number of furan rings is 1. The Morgan fingerprint density at radius 2 is 1.87 bits per heavy atom. The van der Waals surface area contributed by atoms with Crippen LogP contribution in [0.4, 0.5) is 0 Å². The van der Waals surface area contributed by atoms with Gasteiger partial charge in [0.05, 0.1) is 30.4 Å². The fourth-order valence-corrected chi connectivity index (χ4v) is 5.26. The average molecular weight is 435 g/mol. The first kappa shape index (κ1) is 22.5. The Bertz CT molecular complexity index is 914. The first-order valence-corrected chi connectivity index (χ1v) is 11.6. The largest absolute Gasteiger partial charge is 0.467 e. The molecule has 2 heterocycles. The summed E-state index contributed by atoms with van der Waals surface area (Å²) in [5, 5.41) is 0. The summed E-state index contributed by atoms with van der Waals surface area (Å²) in [6, 6.07) is 11.8.